The predicted molar refractivity (Wildman–Crippen MR) is 135 cm³/mol. The van der Waals surface area contributed by atoms with E-state index in [0.717, 1.165) is 28.0 Å². The molecule has 5 rings (SSSR count). The summed E-state index contributed by atoms with van der Waals surface area (Å²) in [4.78, 5) is 12.6. The smallest absolute Gasteiger partial charge is 0.271 e. The van der Waals surface area contributed by atoms with Gasteiger partial charge in [-0.1, -0.05) is 60.7 Å². The van der Waals surface area contributed by atoms with E-state index in [2.05, 4.69) is 22.7 Å². The molecule has 0 aliphatic carbocycles. The standard InChI is InChI=1S/C29H24N2O4/c1-20(24-15-16-27-28(17-24)35-19-34-27)30-31-29(32)23-13-11-21(12-14-23)18-33-26-10-6-5-9-25(26)22-7-3-2-4-8-22/h2-17H,18-19H2,1H3,(H,31,32)/b30-20+. The van der Waals surface area contributed by atoms with Crippen molar-refractivity contribution in [2.75, 3.05) is 6.79 Å². The number of ether oxygens (including phenoxy) is 3. The minimum atomic E-state index is -0.285. The van der Waals surface area contributed by atoms with Gasteiger partial charge in [0.2, 0.25) is 6.79 Å². The van der Waals surface area contributed by atoms with Crippen LogP contribution in [0.3, 0.4) is 0 Å². The second-order valence-corrected chi connectivity index (χ2v) is 8.05. The lowest BCUT2D eigenvalue weighted by Gasteiger charge is -2.12. The minimum absolute atomic E-state index is 0.215. The molecule has 4 aromatic carbocycles. The highest BCUT2D eigenvalue weighted by atomic mass is 16.7. The molecule has 0 aromatic heterocycles. The Balaban J connectivity index is 1.20. The lowest BCUT2D eigenvalue weighted by molar-refractivity contribution is 0.0954. The molecule has 0 radical (unpaired) electrons. The number of hydrogen-bond acceptors (Lipinski definition) is 5. The molecule has 0 bridgehead atoms. The van der Waals surface area contributed by atoms with Crippen molar-refractivity contribution in [3.63, 3.8) is 0 Å². The highest BCUT2D eigenvalue weighted by Crippen LogP contribution is 2.33. The van der Waals surface area contributed by atoms with Crippen molar-refractivity contribution in [1.29, 1.82) is 0 Å². The van der Waals surface area contributed by atoms with Crippen LogP contribution >= 0.6 is 0 Å². The van der Waals surface area contributed by atoms with Crippen LogP contribution in [0, 0.1) is 0 Å². The lowest BCUT2D eigenvalue weighted by Crippen LogP contribution is -2.19. The molecule has 0 saturated carbocycles. The third-order valence-electron chi connectivity index (χ3n) is 5.70. The molecule has 174 valence electrons. The van der Waals surface area contributed by atoms with Crippen LogP contribution in [-0.4, -0.2) is 18.4 Å². The summed E-state index contributed by atoms with van der Waals surface area (Å²) in [5, 5.41) is 4.23. The summed E-state index contributed by atoms with van der Waals surface area (Å²) in [6.07, 6.45) is 0. The van der Waals surface area contributed by atoms with Crippen molar-refractivity contribution < 1.29 is 19.0 Å². The van der Waals surface area contributed by atoms with Gasteiger partial charge in [0.25, 0.3) is 5.91 Å². The summed E-state index contributed by atoms with van der Waals surface area (Å²) in [5.74, 6) is 1.91. The summed E-state index contributed by atoms with van der Waals surface area (Å²) in [5.41, 5.74) is 7.75. The van der Waals surface area contributed by atoms with Gasteiger partial charge in [-0.2, -0.15) is 5.10 Å². The SMILES string of the molecule is C/C(=N\NC(=O)c1ccc(COc2ccccc2-c2ccccc2)cc1)c1ccc2c(c1)OCO2. The molecule has 6 heteroatoms. The predicted octanol–water partition coefficient (Wildman–Crippen LogP) is 5.82. The molecule has 0 atom stereocenters. The molecule has 1 aliphatic rings. The number of carbonyl (C=O) groups excluding carboxylic acids is 1. The Bertz CT molecular complexity index is 1370. The first-order valence-corrected chi connectivity index (χ1v) is 11.3. The van der Waals surface area contributed by atoms with E-state index < -0.39 is 0 Å². The van der Waals surface area contributed by atoms with Gasteiger partial charge in [0.05, 0.1) is 5.71 Å². The van der Waals surface area contributed by atoms with Gasteiger partial charge in [0.15, 0.2) is 11.5 Å². The van der Waals surface area contributed by atoms with E-state index in [0.29, 0.717) is 29.4 Å². The molecule has 1 aliphatic heterocycles. The fourth-order valence-electron chi connectivity index (χ4n) is 3.75. The average Bonchev–Trinajstić information content (AvgIpc) is 3.39. The van der Waals surface area contributed by atoms with Gasteiger partial charge < -0.3 is 14.2 Å². The summed E-state index contributed by atoms with van der Waals surface area (Å²) in [6.45, 7) is 2.44. The van der Waals surface area contributed by atoms with Crippen molar-refractivity contribution in [2.24, 2.45) is 5.10 Å². The van der Waals surface area contributed by atoms with E-state index in [4.69, 9.17) is 14.2 Å². The Morgan fingerprint density at radius 1 is 0.857 bits per heavy atom. The molecule has 6 nitrogen and oxygen atoms in total. The first kappa shape index (κ1) is 22.2. The van der Waals surface area contributed by atoms with Crippen LogP contribution in [0.1, 0.15) is 28.4 Å². The Kier molecular flexibility index (Phi) is 6.44. The number of amides is 1. The minimum Gasteiger partial charge on any atom is -0.488 e. The van der Waals surface area contributed by atoms with Crippen LogP contribution < -0.4 is 19.6 Å². The topological polar surface area (TPSA) is 69.2 Å². The van der Waals surface area contributed by atoms with Crippen LogP contribution in [0.25, 0.3) is 11.1 Å². The van der Waals surface area contributed by atoms with Crippen LogP contribution in [0.5, 0.6) is 17.2 Å². The van der Waals surface area contributed by atoms with Crippen molar-refractivity contribution in [2.45, 2.75) is 13.5 Å². The average molecular weight is 465 g/mol. The van der Waals surface area contributed by atoms with Crippen molar-refractivity contribution in [3.05, 3.63) is 114 Å². The number of para-hydroxylation sites is 1. The van der Waals surface area contributed by atoms with E-state index in [1.165, 1.54) is 0 Å². The Morgan fingerprint density at radius 2 is 1.57 bits per heavy atom. The largest absolute Gasteiger partial charge is 0.488 e. The lowest BCUT2D eigenvalue weighted by atomic mass is 10.0. The van der Waals surface area contributed by atoms with Gasteiger partial charge in [0, 0.05) is 16.7 Å². The molecule has 0 saturated heterocycles. The maximum Gasteiger partial charge on any atom is 0.271 e. The monoisotopic (exact) mass is 464 g/mol. The van der Waals surface area contributed by atoms with Gasteiger partial charge in [-0.25, -0.2) is 5.43 Å². The Morgan fingerprint density at radius 3 is 2.40 bits per heavy atom. The molecular formula is C29H24N2O4. The number of nitrogens with zero attached hydrogens (tertiary/aromatic N) is 1. The third-order valence-corrected chi connectivity index (χ3v) is 5.70. The van der Waals surface area contributed by atoms with Gasteiger partial charge in [-0.05, 0) is 54.4 Å². The zero-order valence-electron chi connectivity index (χ0n) is 19.2. The molecule has 1 heterocycles. The number of nitrogens with one attached hydrogen (secondary N) is 1. The van der Waals surface area contributed by atoms with E-state index >= 15 is 0 Å². The number of hydrogen-bond donors (Lipinski definition) is 1. The van der Waals surface area contributed by atoms with Crippen LogP contribution in [0.15, 0.2) is 102 Å². The number of fused-ring (bicyclic) bond motifs is 1. The quantitative estimate of drug-likeness (QED) is 0.277. The zero-order chi connectivity index (χ0) is 24.0. The van der Waals surface area contributed by atoms with E-state index in [1.807, 2.05) is 79.7 Å². The number of carbonyl (C=O) groups is 1. The maximum atomic E-state index is 12.6. The second kappa shape index (κ2) is 10.1. The van der Waals surface area contributed by atoms with E-state index in [1.54, 1.807) is 12.1 Å². The van der Waals surface area contributed by atoms with Crippen molar-refractivity contribution in [3.8, 4) is 28.4 Å². The van der Waals surface area contributed by atoms with E-state index in [-0.39, 0.29) is 12.7 Å². The summed E-state index contributed by atoms with van der Waals surface area (Å²) >= 11 is 0. The molecule has 0 fully saturated rings. The Labute approximate surface area is 203 Å². The Hall–Kier alpha value is -4.58. The summed E-state index contributed by atoms with van der Waals surface area (Å²) in [6, 6.07) is 31.0. The highest BCUT2D eigenvalue weighted by molar-refractivity contribution is 6.01. The first-order valence-electron chi connectivity index (χ1n) is 11.3. The van der Waals surface area contributed by atoms with Gasteiger partial charge in [-0.3, -0.25) is 4.79 Å². The molecule has 1 N–H and O–H groups in total. The fourth-order valence-corrected chi connectivity index (χ4v) is 3.75. The summed E-state index contributed by atoms with van der Waals surface area (Å²) in [7, 11) is 0. The molecule has 0 spiro atoms. The maximum absolute atomic E-state index is 12.6. The molecule has 35 heavy (non-hydrogen) atoms. The molecule has 4 aromatic rings. The third kappa shape index (κ3) is 5.17. The van der Waals surface area contributed by atoms with Crippen LogP contribution in [0.4, 0.5) is 0 Å². The molecular weight excluding hydrogens is 440 g/mol. The number of rotatable bonds is 7. The molecule has 0 unspecified atom stereocenters. The van der Waals surface area contributed by atoms with Crippen molar-refractivity contribution >= 4 is 11.6 Å². The number of benzene rings is 4. The highest BCUT2D eigenvalue weighted by Gasteiger charge is 2.14. The fraction of sp³-hybridized carbons (Fsp3) is 0.103. The van der Waals surface area contributed by atoms with E-state index in [9.17, 15) is 4.79 Å². The normalized spacial score (nSPS) is 12.3. The van der Waals surface area contributed by atoms with Crippen molar-refractivity contribution in [1.82, 2.24) is 5.43 Å². The summed E-state index contributed by atoms with van der Waals surface area (Å²) < 4.78 is 16.8. The van der Waals surface area contributed by atoms with Crippen LogP contribution in [-0.2, 0) is 6.61 Å². The van der Waals surface area contributed by atoms with Gasteiger partial charge >= 0.3 is 0 Å². The van der Waals surface area contributed by atoms with Crippen LogP contribution in [0.2, 0.25) is 0 Å². The second-order valence-electron chi connectivity index (χ2n) is 8.05. The first-order chi connectivity index (χ1) is 17.2. The molecule has 1 amide bonds. The van der Waals surface area contributed by atoms with Gasteiger partial charge in [-0.15, -0.1) is 0 Å². The van der Waals surface area contributed by atoms with Gasteiger partial charge in [0.1, 0.15) is 12.4 Å². The number of hydrazone groups is 1. The zero-order valence-corrected chi connectivity index (χ0v) is 19.2.